The largest absolute Gasteiger partial charge is 0.344 e. The van der Waals surface area contributed by atoms with Crippen molar-refractivity contribution < 1.29 is 9.46 Å². The standard InChI is InChI=1S/C16H35O2P/c1-7-9-10-15(8-2)13-19(17,18)12-14(3)11-16(4,5)6/h14-15H,7-13H2,1-6H3,(H,17,18). The summed E-state index contributed by atoms with van der Waals surface area (Å²) in [6.45, 7) is 13.0. The fourth-order valence-electron chi connectivity index (χ4n) is 2.99. The van der Waals surface area contributed by atoms with E-state index in [0.29, 0.717) is 24.2 Å². The van der Waals surface area contributed by atoms with Crippen molar-refractivity contribution in [3.8, 4) is 0 Å². The van der Waals surface area contributed by atoms with E-state index in [0.717, 1.165) is 19.3 Å². The smallest absolute Gasteiger partial charge is 0.201 e. The number of hydrogen-bond donors (Lipinski definition) is 1. The Morgan fingerprint density at radius 3 is 2.16 bits per heavy atom. The van der Waals surface area contributed by atoms with E-state index >= 15 is 0 Å². The van der Waals surface area contributed by atoms with E-state index in [1.807, 2.05) is 0 Å². The second-order valence-electron chi connectivity index (χ2n) is 7.50. The molecule has 0 aromatic heterocycles. The molecule has 0 aliphatic heterocycles. The van der Waals surface area contributed by atoms with E-state index in [2.05, 4.69) is 41.5 Å². The maximum Gasteiger partial charge on any atom is 0.201 e. The zero-order valence-corrected chi connectivity index (χ0v) is 14.8. The Kier molecular flexibility index (Phi) is 8.56. The van der Waals surface area contributed by atoms with Crippen LogP contribution < -0.4 is 0 Å². The van der Waals surface area contributed by atoms with Crippen molar-refractivity contribution in [2.24, 2.45) is 17.3 Å². The van der Waals surface area contributed by atoms with Crippen LogP contribution in [-0.2, 0) is 4.57 Å². The molecule has 0 bridgehead atoms. The summed E-state index contributed by atoms with van der Waals surface area (Å²) in [4.78, 5) is 10.2. The van der Waals surface area contributed by atoms with E-state index in [1.165, 1.54) is 12.8 Å². The van der Waals surface area contributed by atoms with E-state index in [1.54, 1.807) is 0 Å². The second kappa shape index (κ2) is 8.47. The molecule has 1 N–H and O–H groups in total. The Balaban J connectivity index is 4.32. The predicted molar refractivity (Wildman–Crippen MR) is 86.1 cm³/mol. The van der Waals surface area contributed by atoms with Gasteiger partial charge in [-0.3, -0.25) is 4.57 Å². The van der Waals surface area contributed by atoms with Crippen molar-refractivity contribution in [1.82, 2.24) is 0 Å². The first-order valence-corrected chi connectivity index (χ1v) is 9.93. The Labute approximate surface area is 120 Å². The van der Waals surface area contributed by atoms with Crippen LogP contribution in [0.1, 0.15) is 73.6 Å². The molecule has 0 fully saturated rings. The summed E-state index contributed by atoms with van der Waals surface area (Å²) in [5.74, 6) is 0.761. The van der Waals surface area contributed by atoms with Gasteiger partial charge in [-0.15, -0.1) is 0 Å². The maximum atomic E-state index is 12.4. The fraction of sp³-hybridized carbons (Fsp3) is 1.00. The van der Waals surface area contributed by atoms with Crippen molar-refractivity contribution in [3.05, 3.63) is 0 Å². The number of rotatable bonds is 9. The molecule has 0 aromatic carbocycles. The van der Waals surface area contributed by atoms with Crippen molar-refractivity contribution in [2.45, 2.75) is 73.6 Å². The third-order valence-electron chi connectivity index (χ3n) is 3.64. The van der Waals surface area contributed by atoms with E-state index in [4.69, 9.17) is 0 Å². The molecular weight excluding hydrogens is 255 g/mol. The molecule has 0 aliphatic carbocycles. The first kappa shape index (κ1) is 19.2. The Hall–Kier alpha value is 0.190. The van der Waals surface area contributed by atoms with Gasteiger partial charge in [0.1, 0.15) is 0 Å². The molecular formula is C16H35O2P. The van der Waals surface area contributed by atoms with Crippen LogP contribution in [0, 0.1) is 17.3 Å². The molecule has 0 saturated carbocycles. The van der Waals surface area contributed by atoms with E-state index < -0.39 is 7.37 Å². The monoisotopic (exact) mass is 290 g/mol. The summed E-state index contributed by atoms with van der Waals surface area (Å²) >= 11 is 0. The Bertz CT molecular complexity index is 281. The van der Waals surface area contributed by atoms with Gasteiger partial charge in [0.15, 0.2) is 0 Å². The number of hydrogen-bond acceptors (Lipinski definition) is 1. The van der Waals surface area contributed by atoms with Crippen LogP contribution in [0.5, 0.6) is 0 Å². The molecule has 116 valence electrons. The third-order valence-corrected chi connectivity index (χ3v) is 5.93. The molecule has 0 aliphatic rings. The normalized spacial score (nSPS) is 18.9. The highest BCUT2D eigenvalue weighted by molar-refractivity contribution is 7.58. The lowest BCUT2D eigenvalue weighted by Crippen LogP contribution is -2.16. The van der Waals surface area contributed by atoms with E-state index in [9.17, 15) is 9.46 Å². The zero-order valence-electron chi connectivity index (χ0n) is 13.9. The van der Waals surface area contributed by atoms with Crippen molar-refractivity contribution in [3.63, 3.8) is 0 Å². The molecule has 2 nitrogen and oxygen atoms in total. The van der Waals surface area contributed by atoms with Gasteiger partial charge in [-0.2, -0.15) is 0 Å². The molecule has 0 radical (unpaired) electrons. The molecule has 0 amide bonds. The SMILES string of the molecule is CCCCC(CC)CP(=O)(O)CC(C)CC(C)(C)C. The van der Waals surface area contributed by atoms with Crippen LogP contribution in [0.25, 0.3) is 0 Å². The minimum Gasteiger partial charge on any atom is -0.344 e. The summed E-state index contributed by atoms with van der Waals surface area (Å²) < 4.78 is 12.4. The average molecular weight is 290 g/mol. The molecule has 3 atom stereocenters. The van der Waals surface area contributed by atoms with Gasteiger partial charge in [0.05, 0.1) is 0 Å². The fourth-order valence-corrected chi connectivity index (χ4v) is 5.49. The van der Waals surface area contributed by atoms with Crippen LogP contribution in [-0.4, -0.2) is 17.2 Å². The molecule has 3 heteroatoms. The first-order chi connectivity index (χ1) is 8.59. The van der Waals surface area contributed by atoms with Crippen molar-refractivity contribution in [2.75, 3.05) is 12.3 Å². The minimum atomic E-state index is -2.95. The lowest BCUT2D eigenvalue weighted by molar-refractivity contribution is 0.316. The third kappa shape index (κ3) is 10.6. The van der Waals surface area contributed by atoms with Crippen molar-refractivity contribution >= 4 is 7.37 Å². The maximum absolute atomic E-state index is 12.4. The molecule has 0 rings (SSSR count). The highest BCUT2D eigenvalue weighted by Crippen LogP contribution is 2.47. The highest BCUT2D eigenvalue weighted by Gasteiger charge is 2.27. The van der Waals surface area contributed by atoms with Gasteiger partial charge in [0.25, 0.3) is 0 Å². The molecule has 19 heavy (non-hydrogen) atoms. The number of unbranched alkanes of at least 4 members (excludes halogenated alkanes) is 1. The van der Waals surface area contributed by atoms with Crippen LogP contribution in [0.2, 0.25) is 0 Å². The van der Waals surface area contributed by atoms with Gasteiger partial charge >= 0.3 is 0 Å². The second-order valence-corrected chi connectivity index (χ2v) is 9.92. The molecule has 3 unspecified atom stereocenters. The quantitative estimate of drug-likeness (QED) is 0.566. The highest BCUT2D eigenvalue weighted by atomic mass is 31.2. The van der Waals surface area contributed by atoms with Gasteiger partial charge in [-0.05, 0) is 30.1 Å². The topological polar surface area (TPSA) is 37.3 Å². The van der Waals surface area contributed by atoms with E-state index in [-0.39, 0.29) is 5.41 Å². The average Bonchev–Trinajstić information content (AvgIpc) is 2.20. The molecule has 0 heterocycles. The van der Waals surface area contributed by atoms with Gasteiger partial charge < -0.3 is 4.89 Å². The van der Waals surface area contributed by atoms with Crippen LogP contribution in [0.4, 0.5) is 0 Å². The summed E-state index contributed by atoms with van der Waals surface area (Å²) in [6, 6.07) is 0. The molecule has 0 aromatic rings. The van der Waals surface area contributed by atoms with Crippen LogP contribution >= 0.6 is 7.37 Å². The van der Waals surface area contributed by atoms with Gasteiger partial charge in [0.2, 0.25) is 7.37 Å². The van der Waals surface area contributed by atoms with Gasteiger partial charge in [0, 0.05) is 12.3 Å². The van der Waals surface area contributed by atoms with Gasteiger partial charge in [-0.25, -0.2) is 0 Å². The van der Waals surface area contributed by atoms with Crippen molar-refractivity contribution in [1.29, 1.82) is 0 Å². The first-order valence-electron chi connectivity index (χ1n) is 7.90. The molecule has 0 spiro atoms. The Morgan fingerprint density at radius 1 is 1.16 bits per heavy atom. The summed E-state index contributed by atoms with van der Waals surface area (Å²) in [5.41, 5.74) is 0.242. The minimum absolute atomic E-state index is 0.242. The Morgan fingerprint density at radius 2 is 1.74 bits per heavy atom. The lowest BCUT2D eigenvalue weighted by Gasteiger charge is -2.26. The summed E-state index contributed by atoms with van der Waals surface area (Å²) in [5, 5.41) is 0. The predicted octanol–water partition coefficient (Wildman–Crippen LogP) is 5.55. The zero-order chi connectivity index (χ0) is 15.1. The summed E-state index contributed by atoms with van der Waals surface area (Å²) in [7, 11) is -2.95. The van der Waals surface area contributed by atoms with Gasteiger partial charge in [-0.1, -0.05) is 60.8 Å². The summed E-state index contributed by atoms with van der Waals surface area (Å²) in [6.07, 6.45) is 6.51. The van der Waals surface area contributed by atoms with Crippen LogP contribution in [0.15, 0.2) is 0 Å². The van der Waals surface area contributed by atoms with Crippen LogP contribution in [0.3, 0.4) is 0 Å². The lowest BCUT2D eigenvalue weighted by atomic mass is 9.86. The molecule has 0 saturated heterocycles.